The van der Waals surface area contributed by atoms with Crippen LogP contribution in [0, 0.1) is 24.7 Å². The fourth-order valence-corrected chi connectivity index (χ4v) is 6.66. The van der Waals surface area contributed by atoms with Gasteiger partial charge in [0, 0.05) is 5.69 Å². The number of piperidine rings is 1. The molecule has 1 aromatic rings. The van der Waals surface area contributed by atoms with Crippen molar-refractivity contribution < 1.29 is 9.59 Å². The fourth-order valence-electron chi connectivity index (χ4n) is 6.66. The van der Waals surface area contributed by atoms with Crippen LogP contribution in [0.5, 0.6) is 0 Å². The van der Waals surface area contributed by atoms with E-state index in [1.807, 2.05) is 6.07 Å². The van der Waals surface area contributed by atoms with Gasteiger partial charge >= 0.3 is 0 Å². The summed E-state index contributed by atoms with van der Waals surface area (Å²) in [6.07, 6.45) is 12.5. The zero-order valence-corrected chi connectivity index (χ0v) is 25.7. The number of para-hydroxylation sites is 1. The van der Waals surface area contributed by atoms with Gasteiger partial charge in [-0.1, -0.05) is 65.7 Å². The average Bonchev–Trinajstić information content (AvgIpc) is 2.84. The molecule has 0 aliphatic carbocycles. The van der Waals surface area contributed by atoms with Crippen LogP contribution in [0.4, 0.5) is 5.69 Å². The summed E-state index contributed by atoms with van der Waals surface area (Å²) in [5.41, 5.74) is 3.82. The van der Waals surface area contributed by atoms with E-state index in [4.69, 9.17) is 0 Å². The van der Waals surface area contributed by atoms with Crippen molar-refractivity contribution in [3.05, 3.63) is 29.3 Å². The van der Waals surface area contributed by atoms with Gasteiger partial charge in [0.1, 0.15) is 6.29 Å². The van der Waals surface area contributed by atoms with Crippen molar-refractivity contribution in [2.75, 3.05) is 38.0 Å². The topological polar surface area (TPSA) is 52.7 Å². The van der Waals surface area contributed by atoms with Crippen molar-refractivity contribution >= 4 is 17.9 Å². The predicted octanol–water partition coefficient (Wildman–Crippen LogP) is 7.40. The molecule has 0 bridgehead atoms. The number of amides is 1. The maximum atomic E-state index is 13.3. The van der Waals surface area contributed by atoms with Gasteiger partial charge in [-0.2, -0.15) is 0 Å². The molecule has 5 heteroatoms. The zero-order chi connectivity index (χ0) is 28.2. The lowest BCUT2D eigenvalue weighted by atomic mass is 9.71. The van der Waals surface area contributed by atoms with Gasteiger partial charge in [-0.25, -0.2) is 0 Å². The van der Waals surface area contributed by atoms with Gasteiger partial charge in [-0.3, -0.25) is 14.6 Å². The van der Waals surface area contributed by atoms with Gasteiger partial charge in [-0.15, -0.1) is 0 Å². The Balaban J connectivity index is 1.81. The molecule has 1 unspecified atom stereocenters. The molecule has 1 atom stereocenters. The summed E-state index contributed by atoms with van der Waals surface area (Å²) in [7, 11) is 0. The molecule has 0 radical (unpaired) electrons. The maximum Gasteiger partial charge on any atom is 0.241 e. The summed E-state index contributed by atoms with van der Waals surface area (Å²) in [6.45, 7) is 20.6. The molecule has 1 amide bonds. The zero-order valence-electron chi connectivity index (χ0n) is 25.7. The van der Waals surface area contributed by atoms with Crippen molar-refractivity contribution in [2.45, 2.75) is 119 Å². The average molecular weight is 528 g/mol. The predicted molar refractivity (Wildman–Crippen MR) is 162 cm³/mol. The third-order valence-electron chi connectivity index (χ3n) is 8.35. The van der Waals surface area contributed by atoms with Crippen LogP contribution >= 0.6 is 0 Å². The van der Waals surface area contributed by atoms with Gasteiger partial charge in [0.05, 0.1) is 12.6 Å². The van der Waals surface area contributed by atoms with Gasteiger partial charge in [-0.05, 0) is 113 Å². The minimum Gasteiger partial charge on any atom is -0.324 e. The molecule has 1 aliphatic heterocycles. The molecule has 0 spiro atoms. The number of hydrogen-bond donors (Lipinski definition) is 1. The number of likely N-dealkylation sites (tertiary alicyclic amines) is 1. The lowest BCUT2D eigenvalue weighted by molar-refractivity contribution is -0.122. The Morgan fingerprint density at radius 3 is 2.32 bits per heavy atom. The van der Waals surface area contributed by atoms with Crippen molar-refractivity contribution in [3.8, 4) is 0 Å². The number of aryl methyl sites for hydroxylation is 2. The van der Waals surface area contributed by atoms with E-state index >= 15 is 0 Å². The normalized spacial score (nSPS) is 17.1. The van der Waals surface area contributed by atoms with Crippen LogP contribution in [-0.4, -0.2) is 60.8 Å². The largest absolute Gasteiger partial charge is 0.324 e. The number of nitrogens with one attached hydrogen (secondary N) is 1. The second-order valence-electron chi connectivity index (χ2n) is 13.3. The van der Waals surface area contributed by atoms with Gasteiger partial charge in [0.15, 0.2) is 0 Å². The minimum absolute atomic E-state index is 0.0196. The van der Waals surface area contributed by atoms with Crippen molar-refractivity contribution in [1.82, 2.24) is 9.80 Å². The van der Waals surface area contributed by atoms with E-state index in [0.29, 0.717) is 12.0 Å². The molecular formula is C33H57N3O2. The molecule has 1 heterocycles. The molecule has 5 nitrogen and oxygen atoms in total. The van der Waals surface area contributed by atoms with E-state index < -0.39 is 0 Å². The van der Waals surface area contributed by atoms with Crippen LogP contribution in [-0.2, 0) is 9.59 Å². The first kappa shape index (κ1) is 32.5. The van der Waals surface area contributed by atoms with E-state index in [0.717, 1.165) is 81.4 Å². The first-order valence-corrected chi connectivity index (χ1v) is 15.2. The van der Waals surface area contributed by atoms with E-state index in [9.17, 15) is 9.59 Å². The molecule has 0 aromatic heterocycles. The molecule has 1 saturated heterocycles. The summed E-state index contributed by atoms with van der Waals surface area (Å²) in [4.78, 5) is 28.9. The Labute approximate surface area is 234 Å². The number of carbonyl (C=O) groups is 2. The third kappa shape index (κ3) is 11.2. The van der Waals surface area contributed by atoms with Crippen LogP contribution in [0.1, 0.15) is 110 Å². The quantitative estimate of drug-likeness (QED) is 0.169. The number of hydrogen-bond acceptors (Lipinski definition) is 4. The first-order valence-electron chi connectivity index (χ1n) is 15.2. The fraction of sp³-hybridized carbons (Fsp3) is 0.758. The molecule has 1 N–H and O–H groups in total. The summed E-state index contributed by atoms with van der Waals surface area (Å²) >= 11 is 0. The summed E-state index contributed by atoms with van der Waals surface area (Å²) in [6, 6.07) is 6.17. The molecule has 2 rings (SSSR count). The first-order chi connectivity index (χ1) is 18.0. The molecule has 1 aromatic carbocycles. The van der Waals surface area contributed by atoms with Gasteiger partial charge in [0.2, 0.25) is 5.91 Å². The lowest BCUT2D eigenvalue weighted by Crippen LogP contribution is -2.47. The smallest absolute Gasteiger partial charge is 0.241 e. The van der Waals surface area contributed by atoms with Crippen molar-refractivity contribution in [3.63, 3.8) is 0 Å². The Hall–Kier alpha value is -1.72. The number of benzene rings is 1. The Bertz CT molecular complexity index is 844. The highest BCUT2D eigenvalue weighted by atomic mass is 16.2. The van der Waals surface area contributed by atoms with Crippen LogP contribution in [0.15, 0.2) is 18.2 Å². The molecule has 0 saturated carbocycles. The van der Waals surface area contributed by atoms with Crippen molar-refractivity contribution in [1.29, 1.82) is 0 Å². The van der Waals surface area contributed by atoms with E-state index in [2.05, 4.69) is 75.7 Å². The van der Waals surface area contributed by atoms with Crippen LogP contribution in [0.25, 0.3) is 0 Å². The molecule has 38 heavy (non-hydrogen) atoms. The number of carbonyl (C=O) groups excluding carboxylic acids is 2. The van der Waals surface area contributed by atoms with E-state index in [1.54, 1.807) is 0 Å². The van der Waals surface area contributed by atoms with E-state index in [1.165, 1.54) is 32.1 Å². The number of aldehydes is 1. The highest BCUT2D eigenvalue weighted by Crippen LogP contribution is 2.40. The molecular weight excluding hydrogens is 470 g/mol. The Kier molecular flexibility index (Phi) is 13.5. The SMILES string of the molecule is CCCN(CC=O)CCCCC(C)(C)CC(C)(C)CCCN1CCCCC1C(=O)Nc1c(C)cccc1C. The second-order valence-corrected chi connectivity index (χ2v) is 13.3. The summed E-state index contributed by atoms with van der Waals surface area (Å²) < 4.78 is 0. The number of nitrogens with zero attached hydrogens (tertiary/aromatic N) is 2. The van der Waals surface area contributed by atoms with E-state index in [-0.39, 0.29) is 17.4 Å². The van der Waals surface area contributed by atoms with Crippen LogP contribution in [0.3, 0.4) is 0 Å². The molecule has 1 fully saturated rings. The highest BCUT2D eigenvalue weighted by Gasteiger charge is 2.31. The standard InChI is InChI=1S/C33H57N3O2/c1-8-20-35(24-25-37)21-12-10-18-32(4,5)26-33(6,7)19-14-23-36-22-11-9-17-29(36)31(38)34-30-27(2)15-13-16-28(30)3/h13,15-16,25,29H,8-12,14,17-24,26H2,1-7H3,(H,34,38). The summed E-state index contributed by atoms with van der Waals surface area (Å²) in [5, 5.41) is 3.26. The van der Waals surface area contributed by atoms with Gasteiger partial charge < -0.3 is 10.1 Å². The summed E-state index contributed by atoms with van der Waals surface area (Å²) in [5.74, 6) is 0.160. The number of anilines is 1. The monoisotopic (exact) mass is 527 g/mol. The second kappa shape index (κ2) is 15.8. The third-order valence-corrected chi connectivity index (χ3v) is 8.35. The number of rotatable bonds is 17. The highest BCUT2D eigenvalue weighted by molar-refractivity contribution is 5.96. The minimum atomic E-state index is -0.0196. The van der Waals surface area contributed by atoms with Crippen molar-refractivity contribution in [2.24, 2.45) is 10.8 Å². The molecule has 216 valence electrons. The van der Waals surface area contributed by atoms with Crippen LogP contribution in [0.2, 0.25) is 0 Å². The van der Waals surface area contributed by atoms with Crippen LogP contribution < -0.4 is 5.32 Å². The maximum absolute atomic E-state index is 13.3. The van der Waals surface area contributed by atoms with Gasteiger partial charge in [0.25, 0.3) is 0 Å². The lowest BCUT2D eigenvalue weighted by Gasteiger charge is -2.38. The Morgan fingerprint density at radius 1 is 1.03 bits per heavy atom. The number of unbranched alkanes of at least 4 members (excludes halogenated alkanes) is 1. The molecule has 1 aliphatic rings. The Morgan fingerprint density at radius 2 is 1.68 bits per heavy atom.